The topological polar surface area (TPSA) is 84.9 Å². The third-order valence-corrected chi connectivity index (χ3v) is 2.74. The second-order valence-electron chi connectivity index (χ2n) is 4.87. The van der Waals surface area contributed by atoms with Gasteiger partial charge < -0.3 is 15.2 Å². The fourth-order valence-corrected chi connectivity index (χ4v) is 1.90. The smallest absolute Gasteiger partial charge is 0.225 e. The molecule has 2 heterocycles. The number of aromatic amines is 1. The minimum Gasteiger partial charge on any atom is -0.367 e. The van der Waals surface area contributed by atoms with Crippen molar-refractivity contribution in [1.82, 2.24) is 10.1 Å². The first-order chi connectivity index (χ1) is 8.49. The number of nitrogens with one attached hydrogen (secondary N) is 1. The van der Waals surface area contributed by atoms with Gasteiger partial charge in [-0.05, 0) is 19.3 Å². The Morgan fingerprint density at radius 2 is 2.22 bits per heavy atom. The van der Waals surface area contributed by atoms with Gasteiger partial charge in [0.1, 0.15) is 5.69 Å². The van der Waals surface area contributed by atoms with E-state index in [1.807, 2.05) is 6.92 Å². The number of aryl methyl sites for hydroxylation is 1. The summed E-state index contributed by atoms with van der Waals surface area (Å²) < 4.78 is 5.01. The Morgan fingerprint density at radius 1 is 1.50 bits per heavy atom. The molecule has 18 heavy (non-hydrogen) atoms. The van der Waals surface area contributed by atoms with Gasteiger partial charge in [-0.3, -0.25) is 4.79 Å². The van der Waals surface area contributed by atoms with Crippen LogP contribution in [0.3, 0.4) is 0 Å². The molecular formula is C13H17N3O2. The van der Waals surface area contributed by atoms with Gasteiger partial charge in [0.05, 0.1) is 5.56 Å². The highest BCUT2D eigenvalue weighted by Gasteiger charge is 2.18. The minimum absolute atomic E-state index is 0.0791. The Bertz CT molecular complexity index is 611. The van der Waals surface area contributed by atoms with Crippen LogP contribution in [0.15, 0.2) is 21.6 Å². The van der Waals surface area contributed by atoms with Gasteiger partial charge in [0.25, 0.3) is 0 Å². The Morgan fingerprint density at radius 3 is 2.83 bits per heavy atom. The molecule has 0 saturated carbocycles. The van der Waals surface area contributed by atoms with Crippen LogP contribution in [-0.2, 0) is 6.42 Å². The molecule has 5 nitrogen and oxygen atoms in total. The monoisotopic (exact) mass is 247 g/mol. The van der Waals surface area contributed by atoms with E-state index in [4.69, 9.17) is 10.3 Å². The van der Waals surface area contributed by atoms with Crippen molar-refractivity contribution < 1.29 is 4.52 Å². The van der Waals surface area contributed by atoms with E-state index in [1.54, 1.807) is 12.3 Å². The molecule has 0 fully saturated rings. The Balaban J connectivity index is 2.54. The maximum absolute atomic E-state index is 11.9. The van der Waals surface area contributed by atoms with E-state index in [2.05, 4.69) is 24.0 Å². The first kappa shape index (κ1) is 12.4. The van der Waals surface area contributed by atoms with Crippen LogP contribution in [0.25, 0.3) is 11.3 Å². The molecule has 3 N–H and O–H groups in total. The minimum atomic E-state index is -0.0791. The molecule has 0 aliphatic rings. The first-order valence-electron chi connectivity index (χ1n) is 5.92. The number of anilines is 1. The van der Waals surface area contributed by atoms with Crippen molar-refractivity contribution in [2.24, 2.45) is 5.92 Å². The normalized spacial score (nSPS) is 11.1. The van der Waals surface area contributed by atoms with E-state index in [1.165, 1.54) is 0 Å². The lowest BCUT2D eigenvalue weighted by Gasteiger charge is -2.05. The number of pyridine rings is 1. The van der Waals surface area contributed by atoms with Crippen LogP contribution in [0.4, 0.5) is 5.88 Å². The quantitative estimate of drug-likeness (QED) is 0.870. The van der Waals surface area contributed by atoms with E-state index in [0.717, 1.165) is 17.7 Å². The predicted molar refractivity (Wildman–Crippen MR) is 70.3 cm³/mol. The number of hydrogen-bond donors (Lipinski definition) is 2. The zero-order valence-corrected chi connectivity index (χ0v) is 10.8. The van der Waals surface area contributed by atoms with Crippen molar-refractivity contribution >= 4 is 5.88 Å². The number of nitrogens with two attached hydrogens (primary N) is 1. The van der Waals surface area contributed by atoms with E-state index in [9.17, 15) is 4.79 Å². The van der Waals surface area contributed by atoms with E-state index < -0.39 is 0 Å². The lowest BCUT2D eigenvalue weighted by molar-refractivity contribution is 0.438. The third kappa shape index (κ3) is 2.30. The Hall–Kier alpha value is -2.04. The third-order valence-electron chi connectivity index (χ3n) is 2.74. The molecular weight excluding hydrogens is 230 g/mol. The van der Waals surface area contributed by atoms with Crippen LogP contribution in [0.2, 0.25) is 0 Å². The number of aromatic nitrogens is 2. The van der Waals surface area contributed by atoms with E-state index in [0.29, 0.717) is 23.1 Å². The van der Waals surface area contributed by atoms with Gasteiger partial charge in [0.15, 0.2) is 5.43 Å². The molecule has 0 atom stereocenters. The van der Waals surface area contributed by atoms with Crippen molar-refractivity contribution in [3.05, 3.63) is 33.7 Å². The van der Waals surface area contributed by atoms with Crippen LogP contribution < -0.4 is 11.2 Å². The highest BCUT2D eigenvalue weighted by molar-refractivity contribution is 5.66. The number of nitrogen functional groups attached to an aromatic ring is 1. The lowest BCUT2D eigenvalue weighted by atomic mass is 10.00. The summed E-state index contributed by atoms with van der Waals surface area (Å²) in [6.45, 7) is 5.99. The molecule has 0 radical (unpaired) electrons. The van der Waals surface area contributed by atoms with Crippen molar-refractivity contribution in [3.8, 4) is 11.3 Å². The molecule has 5 heteroatoms. The SMILES string of the molecule is Cc1cc(=O)c(-c2noc(N)c2CC(C)C)c[nH]1. The number of hydrogen-bond acceptors (Lipinski definition) is 4. The van der Waals surface area contributed by atoms with Crippen LogP contribution in [-0.4, -0.2) is 10.1 Å². The molecule has 0 aliphatic carbocycles. The molecule has 0 amide bonds. The molecule has 0 bridgehead atoms. The number of H-pyrrole nitrogens is 1. The van der Waals surface area contributed by atoms with Crippen LogP contribution >= 0.6 is 0 Å². The first-order valence-corrected chi connectivity index (χ1v) is 5.92. The van der Waals surface area contributed by atoms with Crippen LogP contribution in [0.1, 0.15) is 25.1 Å². The van der Waals surface area contributed by atoms with Crippen LogP contribution in [0, 0.1) is 12.8 Å². The Kier molecular flexibility index (Phi) is 3.23. The fourth-order valence-electron chi connectivity index (χ4n) is 1.90. The maximum Gasteiger partial charge on any atom is 0.225 e. The summed E-state index contributed by atoms with van der Waals surface area (Å²) in [5, 5.41) is 3.91. The van der Waals surface area contributed by atoms with Crippen molar-refractivity contribution in [2.45, 2.75) is 27.2 Å². The molecule has 0 spiro atoms. The van der Waals surface area contributed by atoms with Gasteiger partial charge in [0, 0.05) is 23.5 Å². The van der Waals surface area contributed by atoms with Crippen molar-refractivity contribution in [1.29, 1.82) is 0 Å². The number of nitrogens with zero attached hydrogens (tertiary/aromatic N) is 1. The van der Waals surface area contributed by atoms with Gasteiger partial charge in [-0.2, -0.15) is 0 Å². The zero-order valence-electron chi connectivity index (χ0n) is 10.8. The lowest BCUT2D eigenvalue weighted by Crippen LogP contribution is -2.07. The molecule has 2 aromatic heterocycles. The zero-order chi connectivity index (χ0) is 13.3. The molecule has 0 aromatic carbocycles. The second kappa shape index (κ2) is 4.68. The summed E-state index contributed by atoms with van der Waals surface area (Å²) in [6.07, 6.45) is 2.39. The summed E-state index contributed by atoms with van der Waals surface area (Å²) in [7, 11) is 0. The molecule has 96 valence electrons. The summed E-state index contributed by atoms with van der Waals surface area (Å²) in [4.78, 5) is 15.0. The maximum atomic E-state index is 11.9. The average Bonchev–Trinajstić information content (AvgIpc) is 2.60. The van der Waals surface area contributed by atoms with Gasteiger partial charge in [-0.15, -0.1) is 0 Å². The van der Waals surface area contributed by atoms with Gasteiger partial charge >= 0.3 is 0 Å². The van der Waals surface area contributed by atoms with Crippen LogP contribution in [0.5, 0.6) is 0 Å². The highest BCUT2D eigenvalue weighted by Crippen LogP contribution is 2.27. The van der Waals surface area contributed by atoms with Gasteiger partial charge in [-0.1, -0.05) is 19.0 Å². The summed E-state index contributed by atoms with van der Waals surface area (Å²) in [5.74, 6) is 0.702. The predicted octanol–water partition coefficient (Wildman–Crippen LogP) is 2.12. The summed E-state index contributed by atoms with van der Waals surface area (Å²) >= 11 is 0. The highest BCUT2D eigenvalue weighted by atomic mass is 16.5. The standard InChI is InChI=1S/C13H17N3O2/c1-7(2)4-9-12(16-18-13(9)14)10-6-15-8(3)5-11(10)17/h5-7H,4,14H2,1-3H3,(H,15,17). The molecule has 2 aromatic rings. The molecule has 0 unspecified atom stereocenters. The molecule has 0 aliphatic heterocycles. The average molecular weight is 247 g/mol. The fraction of sp³-hybridized carbons (Fsp3) is 0.385. The van der Waals surface area contributed by atoms with E-state index in [-0.39, 0.29) is 5.43 Å². The Labute approximate surface area is 105 Å². The second-order valence-corrected chi connectivity index (χ2v) is 4.87. The van der Waals surface area contributed by atoms with Gasteiger partial charge in [-0.25, -0.2) is 0 Å². The number of rotatable bonds is 3. The van der Waals surface area contributed by atoms with Crippen molar-refractivity contribution in [3.63, 3.8) is 0 Å². The summed E-state index contributed by atoms with van der Waals surface area (Å²) in [5.41, 5.74) is 8.34. The largest absolute Gasteiger partial charge is 0.367 e. The molecule has 2 rings (SSSR count). The molecule has 0 saturated heterocycles. The summed E-state index contributed by atoms with van der Waals surface area (Å²) in [6, 6.07) is 1.54. The van der Waals surface area contributed by atoms with E-state index >= 15 is 0 Å². The van der Waals surface area contributed by atoms with Gasteiger partial charge in [0.2, 0.25) is 5.88 Å². The van der Waals surface area contributed by atoms with Crippen molar-refractivity contribution in [2.75, 3.05) is 5.73 Å².